The second-order valence-electron chi connectivity index (χ2n) is 9.75. The lowest BCUT2D eigenvalue weighted by Gasteiger charge is -2.36. The Balaban J connectivity index is 1.39. The van der Waals surface area contributed by atoms with E-state index >= 15 is 0 Å². The molecule has 0 aliphatic carbocycles. The summed E-state index contributed by atoms with van der Waals surface area (Å²) in [5, 5.41) is 3.20. The molecule has 182 valence electrons. The number of hydrogen-bond acceptors (Lipinski definition) is 4. The molecule has 2 amide bonds. The predicted octanol–water partition coefficient (Wildman–Crippen LogP) is 3.58. The lowest BCUT2D eigenvalue weighted by molar-refractivity contribution is -0.136. The minimum atomic E-state index is -0.646. The van der Waals surface area contributed by atoms with Gasteiger partial charge in [0.1, 0.15) is 5.75 Å². The third kappa shape index (κ3) is 4.43. The molecular weight excluding hydrogens is 440 g/mol. The molecular formula is C28H32N4O3. The quantitative estimate of drug-likeness (QED) is 0.525. The van der Waals surface area contributed by atoms with Gasteiger partial charge in [-0.1, -0.05) is 42.5 Å². The number of amides is 2. The van der Waals surface area contributed by atoms with Gasteiger partial charge in [0.15, 0.2) is 0 Å². The molecule has 5 rings (SSSR count). The summed E-state index contributed by atoms with van der Waals surface area (Å²) < 4.78 is 5.24. The first-order valence-electron chi connectivity index (χ1n) is 12.3. The monoisotopic (exact) mass is 472 g/mol. The Morgan fingerprint density at radius 2 is 1.89 bits per heavy atom. The summed E-state index contributed by atoms with van der Waals surface area (Å²) in [4.78, 5) is 36.7. The van der Waals surface area contributed by atoms with Crippen LogP contribution < -0.4 is 10.1 Å². The van der Waals surface area contributed by atoms with Crippen molar-refractivity contribution < 1.29 is 14.3 Å². The third-order valence-electron chi connectivity index (χ3n) is 7.71. The van der Waals surface area contributed by atoms with Crippen molar-refractivity contribution >= 4 is 11.8 Å². The zero-order valence-corrected chi connectivity index (χ0v) is 20.3. The molecule has 7 nitrogen and oxygen atoms in total. The molecule has 0 spiro atoms. The molecule has 2 saturated heterocycles. The smallest absolute Gasteiger partial charge is 0.229 e. The van der Waals surface area contributed by atoms with E-state index in [1.54, 1.807) is 13.4 Å². The van der Waals surface area contributed by atoms with E-state index in [0.29, 0.717) is 19.4 Å². The zero-order valence-electron chi connectivity index (χ0n) is 20.3. The number of nitrogens with zero attached hydrogens (tertiary/aromatic N) is 2. The SMILES string of the molecule is COc1ccc(CNC(=O)[C@@]2(Cc3ccccc3)C[C@H]3CC[C@@H]2N3C(=O)Cc2nc[nH]c2C)cc1. The predicted molar refractivity (Wildman–Crippen MR) is 133 cm³/mol. The largest absolute Gasteiger partial charge is 0.497 e. The second-order valence-corrected chi connectivity index (χ2v) is 9.75. The molecule has 2 aromatic carbocycles. The fourth-order valence-corrected chi connectivity index (χ4v) is 5.94. The summed E-state index contributed by atoms with van der Waals surface area (Å²) in [6.45, 7) is 2.37. The number of benzene rings is 2. The lowest BCUT2D eigenvalue weighted by atomic mass is 9.69. The fourth-order valence-electron chi connectivity index (χ4n) is 5.94. The molecule has 0 radical (unpaired) electrons. The molecule has 0 unspecified atom stereocenters. The Bertz CT molecular complexity index is 1190. The van der Waals surface area contributed by atoms with Gasteiger partial charge in [-0.2, -0.15) is 0 Å². The number of methoxy groups -OCH3 is 1. The Labute approximate surface area is 205 Å². The highest BCUT2D eigenvalue weighted by Crippen LogP contribution is 2.52. The van der Waals surface area contributed by atoms with Crippen LogP contribution in [0.15, 0.2) is 60.9 Å². The van der Waals surface area contributed by atoms with Crippen LogP contribution in [0.25, 0.3) is 0 Å². The highest BCUT2D eigenvalue weighted by Gasteiger charge is 2.60. The summed E-state index contributed by atoms with van der Waals surface area (Å²) in [6, 6.07) is 17.8. The van der Waals surface area contributed by atoms with Crippen molar-refractivity contribution in [2.45, 2.75) is 57.7 Å². The molecule has 3 atom stereocenters. The number of H-pyrrole nitrogens is 1. The maximum Gasteiger partial charge on any atom is 0.229 e. The first-order chi connectivity index (χ1) is 17.0. The van der Waals surface area contributed by atoms with Crippen molar-refractivity contribution in [3.63, 3.8) is 0 Å². The number of aryl methyl sites for hydroxylation is 1. The van der Waals surface area contributed by atoms with Gasteiger partial charge in [0.05, 0.1) is 31.0 Å². The average molecular weight is 473 g/mol. The third-order valence-corrected chi connectivity index (χ3v) is 7.71. The van der Waals surface area contributed by atoms with Crippen molar-refractivity contribution in [1.82, 2.24) is 20.2 Å². The van der Waals surface area contributed by atoms with Gasteiger partial charge in [0.2, 0.25) is 11.8 Å². The zero-order chi connectivity index (χ0) is 24.4. The number of ether oxygens (including phenoxy) is 1. The van der Waals surface area contributed by atoms with Gasteiger partial charge in [0, 0.05) is 24.3 Å². The molecule has 7 heteroatoms. The van der Waals surface area contributed by atoms with Crippen molar-refractivity contribution in [1.29, 1.82) is 0 Å². The topological polar surface area (TPSA) is 87.3 Å². The minimum Gasteiger partial charge on any atom is -0.497 e. The van der Waals surface area contributed by atoms with Gasteiger partial charge in [-0.05, 0) is 55.9 Å². The average Bonchev–Trinajstić information content (AvgIpc) is 3.57. The van der Waals surface area contributed by atoms with Crippen molar-refractivity contribution in [3.8, 4) is 5.75 Å². The van der Waals surface area contributed by atoms with E-state index in [1.807, 2.05) is 54.3 Å². The minimum absolute atomic E-state index is 0.0260. The standard InChI is InChI=1S/C28H32N4O3/c1-19-24(31-18-30-19)14-26(33)32-22-10-13-25(32)28(16-22,15-20-6-4-3-5-7-20)27(34)29-17-21-8-11-23(35-2)12-9-21/h3-9,11-12,18,22,25H,10,13-17H2,1-2H3,(H,29,34)(H,30,31)/t22-,25+,28+/m1/s1. The van der Waals surface area contributed by atoms with Crippen LogP contribution in [0.3, 0.4) is 0 Å². The highest BCUT2D eigenvalue weighted by molar-refractivity contribution is 5.88. The first-order valence-corrected chi connectivity index (χ1v) is 12.3. The number of aromatic amines is 1. The molecule has 2 aliphatic heterocycles. The van der Waals surface area contributed by atoms with E-state index in [9.17, 15) is 9.59 Å². The Hall–Kier alpha value is -3.61. The van der Waals surface area contributed by atoms with Crippen LogP contribution in [-0.2, 0) is 29.0 Å². The number of carbonyl (C=O) groups is 2. The van der Waals surface area contributed by atoms with Crippen LogP contribution in [0.1, 0.15) is 41.8 Å². The molecule has 3 heterocycles. The van der Waals surface area contributed by atoms with Crippen LogP contribution >= 0.6 is 0 Å². The van der Waals surface area contributed by atoms with E-state index < -0.39 is 5.41 Å². The van der Waals surface area contributed by atoms with E-state index in [2.05, 4.69) is 27.4 Å². The summed E-state index contributed by atoms with van der Waals surface area (Å²) in [5.74, 6) is 0.874. The summed E-state index contributed by atoms with van der Waals surface area (Å²) in [5.41, 5.74) is 3.18. The number of imidazole rings is 1. The second kappa shape index (κ2) is 9.56. The van der Waals surface area contributed by atoms with Crippen LogP contribution in [0.4, 0.5) is 0 Å². The Morgan fingerprint density at radius 3 is 2.57 bits per heavy atom. The van der Waals surface area contributed by atoms with Crippen LogP contribution in [-0.4, -0.2) is 45.9 Å². The Morgan fingerprint density at radius 1 is 1.11 bits per heavy atom. The van der Waals surface area contributed by atoms with Gasteiger partial charge in [-0.3, -0.25) is 9.59 Å². The van der Waals surface area contributed by atoms with E-state index in [4.69, 9.17) is 4.74 Å². The molecule has 35 heavy (non-hydrogen) atoms. The van der Waals surface area contributed by atoms with Crippen molar-refractivity contribution in [2.75, 3.05) is 7.11 Å². The number of rotatable bonds is 8. The summed E-state index contributed by atoms with van der Waals surface area (Å²) >= 11 is 0. The number of aromatic nitrogens is 2. The molecule has 0 saturated carbocycles. The van der Waals surface area contributed by atoms with Crippen molar-refractivity contribution in [3.05, 3.63) is 83.4 Å². The lowest BCUT2D eigenvalue weighted by Crippen LogP contribution is -2.51. The normalized spacial score (nSPS) is 22.9. The van der Waals surface area contributed by atoms with E-state index in [-0.39, 0.29) is 30.3 Å². The molecule has 3 aromatic rings. The highest BCUT2D eigenvalue weighted by atomic mass is 16.5. The first kappa shape index (κ1) is 23.1. The van der Waals surface area contributed by atoms with E-state index in [1.165, 1.54) is 0 Å². The molecule has 2 bridgehead atoms. The maximum atomic E-state index is 13.9. The van der Waals surface area contributed by atoms with Gasteiger partial charge in [-0.25, -0.2) is 4.98 Å². The van der Waals surface area contributed by atoms with Gasteiger partial charge < -0.3 is 19.9 Å². The fraction of sp³-hybridized carbons (Fsp3) is 0.393. The van der Waals surface area contributed by atoms with Gasteiger partial charge in [0.25, 0.3) is 0 Å². The summed E-state index contributed by atoms with van der Waals surface area (Å²) in [7, 11) is 1.64. The number of nitrogens with one attached hydrogen (secondary N) is 2. The Kier molecular flexibility index (Phi) is 6.32. The van der Waals surface area contributed by atoms with Crippen LogP contribution in [0.2, 0.25) is 0 Å². The molecule has 2 aliphatic rings. The number of hydrogen-bond donors (Lipinski definition) is 2. The molecule has 1 aromatic heterocycles. The maximum absolute atomic E-state index is 13.9. The van der Waals surface area contributed by atoms with Gasteiger partial charge in [-0.15, -0.1) is 0 Å². The molecule has 2 N–H and O–H groups in total. The van der Waals surface area contributed by atoms with Gasteiger partial charge >= 0.3 is 0 Å². The number of carbonyl (C=O) groups excluding carboxylic acids is 2. The van der Waals surface area contributed by atoms with Crippen LogP contribution in [0.5, 0.6) is 5.75 Å². The van der Waals surface area contributed by atoms with Crippen LogP contribution in [0, 0.1) is 12.3 Å². The number of fused-ring (bicyclic) bond motifs is 2. The summed E-state index contributed by atoms with van der Waals surface area (Å²) in [6.07, 6.45) is 4.98. The van der Waals surface area contributed by atoms with E-state index in [0.717, 1.165) is 41.1 Å². The molecule has 2 fully saturated rings. The van der Waals surface area contributed by atoms with Crippen molar-refractivity contribution in [2.24, 2.45) is 5.41 Å².